The third-order valence-corrected chi connectivity index (χ3v) is 3.19. The lowest BCUT2D eigenvalue weighted by molar-refractivity contribution is 0.125. The van der Waals surface area contributed by atoms with Crippen LogP contribution in [0.2, 0.25) is 0 Å². The van der Waals surface area contributed by atoms with Crippen molar-refractivity contribution < 1.29 is 4.74 Å². The number of halogens is 1. The van der Waals surface area contributed by atoms with Gasteiger partial charge in [-0.25, -0.2) is 0 Å². The van der Waals surface area contributed by atoms with Crippen molar-refractivity contribution in [1.82, 2.24) is 0 Å². The molecule has 0 aliphatic rings. The van der Waals surface area contributed by atoms with E-state index in [1.807, 2.05) is 0 Å². The summed E-state index contributed by atoms with van der Waals surface area (Å²) in [7, 11) is 0. The third kappa shape index (κ3) is 3.96. The molecule has 2 heteroatoms. The molecule has 0 aliphatic heterocycles. The van der Waals surface area contributed by atoms with E-state index in [1.165, 1.54) is 5.56 Å². The monoisotopic (exact) mass is 304 g/mol. The molecule has 0 fully saturated rings. The van der Waals surface area contributed by atoms with Crippen molar-refractivity contribution in [3.05, 3.63) is 35.9 Å². The summed E-state index contributed by atoms with van der Waals surface area (Å²) in [4.78, 5) is 0. The van der Waals surface area contributed by atoms with Crippen molar-refractivity contribution in [3.63, 3.8) is 0 Å². The molecule has 1 aromatic rings. The van der Waals surface area contributed by atoms with E-state index in [1.54, 1.807) is 0 Å². The number of rotatable bonds is 6. The van der Waals surface area contributed by atoms with E-state index in [0.29, 0.717) is 5.92 Å². The highest BCUT2D eigenvalue weighted by Gasteiger charge is 2.08. The van der Waals surface area contributed by atoms with Gasteiger partial charge >= 0.3 is 0 Å². The van der Waals surface area contributed by atoms with Gasteiger partial charge in [0.1, 0.15) is 0 Å². The summed E-state index contributed by atoms with van der Waals surface area (Å²) in [6.07, 6.45) is 1.10. The average molecular weight is 304 g/mol. The fourth-order valence-electron chi connectivity index (χ4n) is 1.32. The van der Waals surface area contributed by atoms with E-state index < -0.39 is 0 Å². The van der Waals surface area contributed by atoms with Gasteiger partial charge in [0.15, 0.2) is 0 Å². The average Bonchev–Trinajstić information content (AvgIpc) is 2.26. The largest absolute Gasteiger partial charge is 0.381 e. The van der Waals surface area contributed by atoms with Gasteiger partial charge < -0.3 is 4.74 Å². The second kappa shape index (κ2) is 7.23. The number of hydrogen-bond donors (Lipinski definition) is 0. The van der Waals surface area contributed by atoms with Crippen LogP contribution in [0.15, 0.2) is 30.3 Å². The Balaban J connectivity index is 2.46. The fraction of sp³-hybridized carbons (Fsp3) is 0.500. The highest BCUT2D eigenvalue weighted by Crippen LogP contribution is 2.18. The van der Waals surface area contributed by atoms with Crippen LogP contribution in [0, 0.1) is 0 Å². The van der Waals surface area contributed by atoms with Crippen LogP contribution in [0.5, 0.6) is 0 Å². The zero-order valence-corrected chi connectivity index (χ0v) is 10.7. The van der Waals surface area contributed by atoms with E-state index in [2.05, 4.69) is 59.8 Å². The van der Waals surface area contributed by atoms with E-state index in [0.717, 1.165) is 24.1 Å². The molecule has 1 unspecified atom stereocenters. The van der Waals surface area contributed by atoms with Gasteiger partial charge in [-0.1, -0.05) is 59.8 Å². The molecule has 0 saturated carbocycles. The van der Waals surface area contributed by atoms with Crippen LogP contribution in [0.1, 0.15) is 24.8 Å². The van der Waals surface area contributed by atoms with Crippen molar-refractivity contribution in [2.75, 3.05) is 17.6 Å². The van der Waals surface area contributed by atoms with Crippen LogP contribution in [0.25, 0.3) is 0 Å². The first kappa shape index (κ1) is 12.0. The highest BCUT2D eigenvalue weighted by molar-refractivity contribution is 14.1. The quantitative estimate of drug-likeness (QED) is 0.443. The molecule has 1 atom stereocenters. The first-order valence-corrected chi connectivity index (χ1v) is 6.59. The van der Waals surface area contributed by atoms with Crippen LogP contribution in [-0.4, -0.2) is 17.6 Å². The summed E-state index contributed by atoms with van der Waals surface area (Å²) in [5.41, 5.74) is 1.39. The maximum absolute atomic E-state index is 5.59. The van der Waals surface area contributed by atoms with Crippen LogP contribution in [0.4, 0.5) is 0 Å². The zero-order chi connectivity index (χ0) is 10.2. The van der Waals surface area contributed by atoms with Crippen molar-refractivity contribution in [1.29, 1.82) is 0 Å². The lowest BCUT2D eigenvalue weighted by atomic mass is 10.0. The van der Waals surface area contributed by atoms with Gasteiger partial charge in [-0.3, -0.25) is 0 Å². The molecule has 1 rings (SSSR count). The number of benzene rings is 1. The molecule has 0 bridgehead atoms. The van der Waals surface area contributed by atoms with Crippen LogP contribution >= 0.6 is 22.6 Å². The molecule has 0 heterocycles. The molecule has 0 aromatic heterocycles. The predicted octanol–water partition coefficient (Wildman–Crippen LogP) is 3.63. The molecule has 0 amide bonds. The molecule has 0 radical (unpaired) electrons. The normalized spacial score (nSPS) is 12.7. The fourth-order valence-corrected chi connectivity index (χ4v) is 2.09. The Kier molecular flexibility index (Phi) is 6.19. The van der Waals surface area contributed by atoms with Crippen molar-refractivity contribution in [3.8, 4) is 0 Å². The smallest absolute Gasteiger partial charge is 0.0542 e. The standard InChI is InChI=1S/C12H17IO/c1-2-8-14-10-12(9-13)11-6-4-3-5-7-11/h3-7,12H,2,8-10H2,1H3. The van der Waals surface area contributed by atoms with Crippen molar-refractivity contribution >= 4 is 22.6 Å². The van der Waals surface area contributed by atoms with Gasteiger partial charge in [-0.2, -0.15) is 0 Å². The Labute approximate surface area is 100.0 Å². The van der Waals surface area contributed by atoms with Gasteiger partial charge in [0.05, 0.1) is 6.61 Å². The maximum Gasteiger partial charge on any atom is 0.0542 e. The van der Waals surface area contributed by atoms with Crippen LogP contribution in [0.3, 0.4) is 0 Å². The van der Waals surface area contributed by atoms with Gasteiger partial charge in [-0.05, 0) is 12.0 Å². The summed E-state index contributed by atoms with van der Waals surface area (Å²) in [5, 5.41) is 0. The molecule has 0 spiro atoms. The molecular formula is C12H17IO. The lowest BCUT2D eigenvalue weighted by Gasteiger charge is -2.14. The Morgan fingerprint density at radius 3 is 2.57 bits per heavy atom. The Hall–Kier alpha value is -0.0900. The summed E-state index contributed by atoms with van der Waals surface area (Å²) in [6.45, 7) is 3.86. The maximum atomic E-state index is 5.59. The first-order chi connectivity index (χ1) is 6.88. The molecule has 0 saturated heterocycles. The van der Waals surface area contributed by atoms with Crippen LogP contribution in [-0.2, 0) is 4.74 Å². The van der Waals surface area contributed by atoms with Gasteiger partial charge in [-0.15, -0.1) is 0 Å². The van der Waals surface area contributed by atoms with Gasteiger partial charge in [0.2, 0.25) is 0 Å². The van der Waals surface area contributed by atoms with Gasteiger partial charge in [0.25, 0.3) is 0 Å². The molecule has 78 valence electrons. The lowest BCUT2D eigenvalue weighted by Crippen LogP contribution is -2.09. The van der Waals surface area contributed by atoms with Crippen molar-refractivity contribution in [2.45, 2.75) is 19.3 Å². The Morgan fingerprint density at radius 2 is 2.00 bits per heavy atom. The van der Waals surface area contributed by atoms with E-state index in [9.17, 15) is 0 Å². The number of alkyl halides is 1. The molecule has 14 heavy (non-hydrogen) atoms. The predicted molar refractivity (Wildman–Crippen MR) is 69.2 cm³/mol. The zero-order valence-electron chi connectivity index (χ0n) is 8.58. The van der Waals surface area contributed by atoms with Gasteiger partial charge in [0, 0.05) is 17.0 Å². The third-order valence-electron chi connectivity index (χ3n) is 2.12. The van der Waals surface area contributed by atoms with E-state index >= 15 is 0 Å². The summed E-state index contributed by atoms with van der Waals surface area (Å²) in [5.74, 6) is 0.545. The van der Waals surface area contributed by atoms with E-state index in [4.69, 9.17) is 4.74 Å². The van der Waals surface area contributed by atoms with E-state index in [-0.39, 0.29) is 0 Å². The summed E-state index contributed by atoms with van der Waals surface area (Å²) in [6, 6.07) is 10.6. The topological polar surface area (TPSA) is 9.23 Å². The number of ether oxygens (including phenoxy) is 1. The summed E-state index contributed by atoms with van der Waals surface area (Å²) < 4.78 is 6.70. The highest BCUT2D eigenvalue weighted by atomic mass is 127. The first-order valence-electron chi connectivity index (χ1n) is 5.07. The molecular weight excluding hydrogens is 287 g/mol. The molecule has 1 aromatic carbocycles. The Morgan fingerprint density at radius 1 is 1.29 bits per heavy atom. The minimum absolute atomic E-state index is 0.545. The molecule has 1 nitrogen and oxygen atoms in total. The minimum atomic E-state index is 0.545. The second-order valence-electron chi connectivity index (χ2n) is 3.34. The Bertz CT molecular complexity index is 235. The second-order valence-corrected chi connectivity index (χ2v) is 4.22. The molecule has 0 N–H and O–H groups in total. The van der Waals surface area contributed by atoms with Crippen LogP contribution < -0.4 is 0 Å². The number of hydrogen-bond acceptors (Lipinski definition) is 1. The summed E-state index contributed by atoms with van der Waals surface area (Å²) >= 11 is 2.42. The molecule has 0 aliphatic carbocycles. The van der Waals surface area contributed by atoms with Crippen molar-refractivity contribution in [2.24, 2.45) is 0 Å². The minimum Gasteiger partial charge on any atom is -0.381 e. The SMILES string of the molecule is CCCOCC(CI)c1ccccc1.